The van der Waals surface area contributed by atoms with Gasteiger partial charge in [0, 0.05) is 38.7 Å². The van der Waals surface area contributed by atoms with E-state index in [2.05, 4.69) is 36.0 Å². The number of carbonyl (C=O) groups excluding carboxylic acids is 1. The second kappa shape index (κ2) is 11.3. The molecule has 0 aliphatic carbocycles. The monoisotopic (exact) mass is 427 g/mol. The third-order valence-corrected chi connectivity index (χ3v) is 5.99. The minimum atomic E-state index is -0.0187. The maximum absolute atomic E-state index is 13.0. The summed E-state index contributed by atoms with van der Waals surface area (Å²) in [6.07, 6.45) is 4.16. The number of aromatic nitrogens is 1. The van der Waals surface area contributed by atoms with Crippen LogP contribution in [0.3, 0.4) is 0 Å². The third kappa shape index (κ3) is 6.82. The van der Waals surface area contributed by atoms with Crippen LogP contribution in [0, 0.1) is 11.8 Å². The number of nitrogens with zero attached hydrogens (tertiary/aromatic N) is 3. The molecule has 6 heteroatoms. The number of amides is 1. The van der Waals surface area contributed by atoms with Gasteiger partial charge in [0.05, 0.1) is 7.11 Å². The summed E-state index contributed by atoms with van der Waals surface area (Å²) < 4.78 is 10.7. The van der Waals surface area contributed by atoms with E-state index in [1.165, 1.54) is 12.0 Å². The van der Waals surface area contributed by atoms with Crippen LogP contribution >= 0.6 is 0 Å². The van der Waals surface area contributed by atoms with Crippen LogP contribution in [0.4, 0.5) is 0 Å². The van der Waals surface area contributed by atoms with E-state index in [-0.39, 0.29) is 5.91 Å². The van der Waals surface area contributed by atoms with Gasteiger partial charge in [-0.15, -0.1) is 0 Å². The molecule has 0 N–H and O–H groups in total. The largest absolute Gasteiger partial charge is 0.497 e. The molecule has 0 radical (unpaired) electrons. The highest BCUT2D eigenvalue weighted by Gasteiger charge is 2.25. The molecule has 0 saturated carbocycles. The van der Waals surface area contributed by atoms with Gasteiger partial charge < -0.3 is 19.1 Å². The molecule has 31 heavy (non-hydrogen) atoms. The first-order chi connectivity index (χ1) is 15.0. The van der Waals surface area contributed by atoms with Gasteiger partial charge in [-0.3, -0.25) is 4.79 Å². The first kappa shape index (κ1) is 23.3. The van der Waals surface area contributed by atoms with Crippen molar-refractivity contribution in [3.8, 4) is 5.75 Å². The Morgan fingerprint density at radius 2 is 2.19 bits per heavy atom. The molecule has 1 aliphatic heterocycles. The fourth-order valence-electron chi connectivity index (χ4n) is 4.36. The zero-order valence-corrected chi connectivity index (χ0v) is 19.5. The average Bonchev–Trinajstić information content (AvgIpc) is 3.23. The van der Waals surface area contributed by atoms with Crippen LogP contribution in [-0.4, -0.2) is 60.7 Å². The molecular formula is C25H37N3O3. The maximum Gasteiger partial charge on any atom is 0.276 e. The number of likely N-dealkylation sites (tertiary alicyclic amines) is 1. The lowest BCUT2D eigenvalue weighted by molar-refractivity contribution is 0.0680. The van der Waals surface area contributed by atoms with Crippen LogP contribution < -0.4 is 4.74 Å². The molecule has 1 amide bonds. The first-order valence-corrected chi connectivity index (χ1v) is 11.6. The summed E-state index contributed by atoms with van der Waals surface area (Å²) in [6.45, 7) is 11.0. The lowest BCUT2D eigenvalue weighted by atomic mass is 9.96. The molecule has 0 spiro atoms. The third-order valence-electron chi connectivity index (χ3n) is 5.99. The van der Waals surface area contributed by atoms with E-state index in [4.69, 9.17) is 9.26 Å². The van der Waals surface area contributed by atoms with Crippen LogP contribution in [0.25, 0.3) is 0 Å². The SMILES string of the molecule is CCN(C[C@H]1CCCN(CCc2cccc(OC)c2)C1)C(=O)c1cc(CC(C)C)on1. The van der Waals surface area contributed by atoms with Gasteiger partial charge in [0.1, 0.15) is 11.5 Å². The van der Waals surface area contributed by atoms with Crippen molar-refractivity contribution in [3.63, 3.8) is 0 Å². The molecule has 1 aromatic heterocycles. The van der Waals surface area contributed by atoms with Gasteiger partial charge in [-0.1, -0.05) is 31.1 Å². The van der Waals surface area contributed by atoms with E-state index in [0.717, 1.165) is 57.0 Å². The van der Waals surface area contributed by atoms with Gasteiger partial charge in [-0.25, -0.2) is 0 Å². The number of carbonyl (C=O) groups is 1. The van der Waals surface area contributed by atoms with Gasteiger partial charge in [0.2, 0.25) is 0 Å². The Labute approximate surface area is 186 Å². The smallest absolute Gasteiger partial charge is 0.276 e. The van der Waals surface area contributed by atoms with E-state index in [0.29, 0.717) is 24.1 Å². The van der Waals surface area contributed by atoms with Crippen molar-refractivity contribution < 1.29 is 14.1 Å². The predicted octanol–water partition coefficient (Wildman–Crippen LogP) is 4.30. The summed E-state index contributed by atoms with van der Waals surface area (Å²) in [5.74, 6) is 2.65. The number of benzene rings is 1. The van der Waals surface area contributed by atoms with Crippen LogP contribution in [0.2, 0.25) is 0 Å². The number of ether oxygens (including phenoxy) is 1. The molecule has 1 aromatic carbocycles. The Bertz CT molecular complexity index is 833. The molecule has 0 bridgehead atoms. The van der Waals surface area contributed by atoms with Crippen LogP contribution in [0.15, 0.2) is 34.9 Å². The summed E-state index contributed by atoms with van der Waals surface area (Å²) in [4.78, 5) is 17.4. The highest BCUT2D eigenvalue weighted by Crippen LogP contribution is 2.20. The Balaban J connectivity index is 1.52. The summed E-state index contributed by atoms with van der Waals surface area (Å²) in [6, 6.07) is 10.1. The molecule has 170 valence electrons. The zero-order valence-electron chi connectivity index (χ0n) is 19.5. The molecule has 2 aromatic rings. The van der Waals surface area contributed by atoms with Gasteiger partial charge in [0.15, 0.2) is 5.69 Å². The average molecular weight is 428 g/mol. The van der Waals surface area contributed by atoms with Crippen molar-refractivity contribution in [3.05, 3.63) is 47.3 Å². The van der Waals surface area contributed by atoms with E-state index in [1.54, 1.807) is 7.11 Å². The number of rotatable bonds is 10. The van der Waals surface area contributed by atoms with Gasteiger partial charge in [-0.2, -0.15) is 0 Å². The van der Waals surface area contributed by atoms with Crippen molar-refractivity contribution in [2.24, 2.45) is 11.8 Å². The fraction of sp³-hybridized carbons (Fsp3) is 0.600. The highest BCUT2D eigenvalue weighted by atomic mass is 16.5. The Kier molecular flexibility index (Phi) is 8.52. The number of piperidine rings is 1. The highest BCUT2D eigenvalue weighted by molar-refractivity contribution is 5.92. The fourth-order valence-corrected chi connectivity index (χ4v) is 4.36. The maximum atomic E-state index is 13.0. The minimum absolute atomic E-state index is 0.0187. The molecule has 6 nitrogen and oxygen atoms in total. The van der Waals surface area contributed by atoms with Crippen molar-refractivity contribution >= 4 is 5.91 Å². The molecule has 1 atom stereocenters. The van der Waals surface area contributed by atoms with E-state index in [9.17, 15) is 4.79 Å². The zero-order chi connectivity index (χ0) is 22.2. The molecule has 1 saturated heterocycles. The lowest BCUT2D eigenvalue weighted by Gasteiger charge is -2.35. The van der Waals surface area contributed by atoms with Crippen LogP contribution in [0.5, 0.6) is 5.75 Å². The van der Waals surface area contributed by atoms with Crippen molar-refractivity contribution in [1.29, 1.82) is 0 Å². The van der Waals surface area contributed by atoms with E-state index in [1.807, 2.05) is 30.0 Å². The summed E-state index contributed by atoms with van der Waals surface area (Å²) in [5, 5.41) is 4.04. The van der Waals surface area contributed by atoms with E-state index >= 15 is 0 Å². The quantitative estimate of drug-likeness (QED) is 0.566. The van der Waals surface area contributed by atoms with Gasteiger partial charge >= 0.3 is 0 Å². The Hall–Kier alpha value is -2.34. The van der Waals surface area contributed by atoms with Crippen LogP contribution in [-0.2, 0) is 12.8 Å². The van der Waals surface area contributed by atoms with Gasteiger partial charge in [0.25, 0.3) is 5.91 Å². The van der Waals surface area contributed by atoms with Crippen molar-refractivity contribution in [2.45, 2.75) is 46.5 Å². The molecule has 0 unspecified atom stereocenters. The predicted molar refractivity (Wildman–Crippen MR) is 122 cm³/mol. The summed E-state index contributed by atoms with van der Waals surface area (Å²) >= 11 is 0. The Morgan fingerprint density at radius 1 is 1.35 bits per heavy atom. The van der Waals surface area contributed by atoms with Crippen molar-refractivity contribution in [1.82, 2.24) is 15.0 Å². The molecule has 2 heterocycles. The Morgan fingerprint density at radius 3 is 2.94 bits per heavy atom. The normalized spacial score (nSPS) is 17.1. The molecule has 1 fully saturated rings. The minimum Gasteiger partial charge on any atom is -0.497 e. The number of hydrogen-bond donors (Lipinski definition) is 0. The van der Waals surface area contributed by atoms with E-state index < -0.39 is 0 Å². The number of methoxy groups -OCH3 is 1. The second-order valence-electron chi connectivity index (χ2n) is 9.03. The second-order valence-corrected chi connectivity index (χ2v) is 9.03. The standard InChI is InChI=1S/C25H37N3O3/c1-5-28(25(29)24-16-23(31-26-24)14-19(2)3)18-21-9-7-12-27(17-21)13-11-20-8-6-10-22(15-20)30-4/h6,8,10,15-16,19,21H,5,7,9,11-14,17-18H2,1-4H3/t21-/m0/s1. The summed E-state index contributed by atoms with van der Waals surface area (Å²) in [5.41, 5.74) is 1.73. The van der Waals surface area contributed by atoms with Gasteiger partial charge in [-0.05, 0) is 62.3 Å². The lowest BCUT2D eigenvalue weighted by Crippen LogP contribution is -2.43. The first-order valence-electron chi connectivity index (χ1n) is 11.6. The molecule has 3 rings (SSSR count). The molecular weight excluding hydrogens is 390 g/mol. The van der Waals surface area contributed by atoms with Crippen LogP contribution in [0.1, 0.15) is 55.4 Å². The molecule has 1 aliphatic rings. The van der Waals surface area contributed by atoms with Crippen molar-refractivity contribution in [2.75, 3.05) is 39.8 Å². The number of hydrogen-bond acceptors (Lipinski definition) is 5. The summed E-state index contributed by atoms with van der Waals surface area (Å²) in [7, 11) is 1.71. The topological polar surface area (TPSA) is 58.8 Å².